The number of rotatable bonds is 4. The van der Waals surface area contributed by atoms with E-state index < -0.39 is 5.91 Å². The van der Waals surface area contributed by atoms with E-state index in [1.54, 1.807) is 18.2 Å². The van der Waals surface area contributed by atoms with Gasteiger partial charge >= 0.3 is 0 Å². The summed E-state index contributed by atoms with van der Waals surface area (Å²) in [4.78, 5) is 16.1. The van der Waals surface area contributed by atoms with Crippen molar-refractivity contribution < 1.29 is 14.7 Å². The van der Waals surface area contributed by atoms with Gasteiger partial charge in [0.2, 0.25) is 0 Å². The van der Waals surface area contributed by atoms with Crippen molar-refractivity contribution in [2.75, 3.05) is 13.2 Å². The number of nitrogens with one attached hydrogen (secondary N) is 1. The van der Waals surface area contributed by atoms with Crippen molar-refractivity contribution in [3.05, 3.63) is 33.3 Å². The maximum Gasteiger partial charge on any atom is 0.275 e. The monoisotopic (exact) mass is 293 g/mol. The molecule has 0 radical (unpaired) electrons. The van der Waals surface area contributed by atoms with Gasteiger partial charge in [-0.05, 0) is 34.1 Å². The lowest BCUT2D eigenvalue weighted by Crippen LogP contribution is -2.25. The van der Waals surface area contributed by atoms with E-state index in [0.717, 1.165) is 0 Å². The third-order valence-corrected chi connectivity index (χ3v) is 2.43. The number of hydrogen-bond donors (Lipinski definition) is 2. The first-order chi connectivity index (χ1) is 7.15. The minimum absolute atomic E-state index is 0.0525. The zero-order chi connectivity index (χ0) is 11.3. The second-order valence-electron chi connectivity index (χ2n) is 2.63. The first kappa shape index (κ1) is 12.4. The molecule has 0 aliphatic carbocycles. The molecule has 0 bridgehead atoms. The number of hydrogen-bond acceptors (Lipinski definition) is 3. The number of aliphatic hydroxyl groups excluding tert-OH is 1. The van der Waals surface area contributed by atoms with E-state index in [1.807, 2.05) is 0 Å². The van der Waals surface area contributed by atoms with E-state index in [-0.39, 0.29) is 13.2 Å². The molecule has 0 unspecified atom stereocenters. The second kappa shape index (κ2) is 6.07. The Balaban J connectivity index is 2.65. The maximum atomic E-state index is 11.5. The molecule has 0 fully saturated rings. The highest BCUT2D eigenvalue weighted by atomic mass is 79.9. The highest BCUT2D eigenvalue weighted by Gasteiger charge is 2.09. The highest BCUT2D eigenvalue weighted by molar-refractivity contribution is 9.10. The van der Waals surface area contributed by atoms with E-state index in [4.69, 9.17) is 16.7 Å². The summed E-state index contributed by atoms with van der Waals surface area (Å²) in [6, 6.07) is 4.79. The molecule has 0 spiro atoms. The highest BCUT2D eigenvalue weighted by Crippen LogP contribution is 2.21. The molecule has 0 saturated heterocycles. The first-order valence-electron chi connectivity index (χ1n) is 4.13. The summed E-state index contributed by atoms with van der Waals surface area (Å²) in [5, 5.41) is 8.97. The number of aliphatic hydroxyl groups is 1. The van der Waals surface area contributed by atoms with Gasteiger partial charge < -0.3 is 5.11 Å². The van der Waals surface area contributed by atoms with Crippen LogP contribution in [-0.2, 0) is 4.84 Å². The topological polar surface area (TPSA) is 58.6 Å². The van der Waals surface area contributed by atoms with Crippen molar-refractivity contribution in [2.45, 2.75) is 0 Å². The average Bonchev–Trinajstić information content (AvgIpc) is 2.17. The first-order valence-corrected chi connectivity index (χ1v) is 5.30. The molecule has 4 nitrogen and oxygen atoms in total. The largest absolute Gasteiger partial charge is 0.394 e. The fourth-order valence-electron chi connectivity index (χ4n) is 0.891. The van der Waals surface area contributed by atoms with Crippen LogP contribution in [-0.4, -0.2) is 24.2 Å². The Morgan fingerprint density at radius 1 is 1.60 bits per heavy atom. The summed E-state index contributed by atoms with van der Waals surface area (Å²) in [6.07, 6.45) is 0. The summed E-state index contributed by atoms with van der Waals surface area (Å²) in [7, 11) is 0. The number of carbonyl (C=O) groups excluding carboxylic acids is 1. The van der Waals surface area contributed by atoms with Gasteiger partial charge in [0.1, 0.15) is 0 Å². The van der Waals surface area contributed by atoms with Crippen molar-refractivity contribution in [2.24, 2.45) is 0 Å². The molecule has 0 aromatic heterocycles. The van der Waals surface area contributed by atoms with E-state index in [0.29, 0.717) is 15.1 Å². The molecule has 82 valence electrons. The second-order valence-corrected chi connectivity index (χ2v) is 3.92. The number of amides is 1. The molecular weight excluding hydrogens is 285 g/mol. The minimum atomic E-state index is -0.396. The van der Waals surface area contributed by atoms with Gasteiger partial charge in [0, 0.05) is 9.50 Å². The molecule has 0 aliphatic rings. The van der Waals surface area contributed by atoms with Crippen LogP contribution in [0.4, 0.5) is 0 Å². The van der Waals surface area contributed by atoms with Crippen molar-refractivity contribution in [1.82, 2.24) is 5.48 Å². The van der Waals surface area contributed by atoms with Crippen LogP contribution in [0.5, 0.6) is 0 Å². The van der Waals surface area contributed by atoms with E-state index in [9.17, 15) is 4.79 Å². The molecule has 0 atom stereocenters. The predicted molar refractivity (Wildman–Crippen MR) is 59.7 cm³/mol. The minimum Gasteiger partial charge on any atom is -0.394 e. The van der Waals surface area contributed by atoms with Crippen molar-refractivity contribution in [3.63, 3.8) is 0 Å². The van der Waals surface area contributed by atoms with E-state index >= 15 is 0 Å². The Labute approximate surface area is 100 Å². The van der Waals surface area contributed by atoms with Crippen LogP contribution in [0.2, 0.25) is 5.02 Å². The number of carbonyl (C=O) groups is 1. The molecule has 2 N–H and O–H groups in total. The Morgan fingerprint density at radius 2 is 2.33 bits per heavy atom. The molecule has 1 amide bonds. The van der Waals surface area contributed by atoms with E-state index in [2.05, 4.69) is 26.2 Å². The van der Waals surface area contributed by atoms with Gasteiger partial charge in [-0.2, -0.15) is 0 Å². The van der Waals surface area contributed by atoms with Gasteiger partial charge in [0.05, 0.1) is 18.8 Å². The molecule has 0 heterocycles. The fourth-order valence-corrected chi connectivity index (χ4v) is 1.75. The van der Waals surface area contributed by atoms with E-state index in [1.165, 1.54) is 0 Å². The zero-order valence-corrected chi connectivity index (χ0v) is 10.0. The van der Waals surface area contributed by atoms with Crippen LogP contribution >= 0.6 is 27.5 Å². The maximum absolute atomic E-state index is 11.5. The SMILES string of the molecule is O=C(NOCCO)c1ccc(Cl)cc1Br. The molecule has 0 aliphatic heterocycles. The summed E-state index contributed by atoms with van der Waals surface area (Å²) >= 11 is 8.93. The molecule has 1 rings (SSSR count). The average molecular weight is 295 g/mol. The summed E-state index contributed by atoms with van der Waals surface area (Å²) in [5.74, 6) is -0.396. The summed E-state index contributed by atoms with van der Waals surface area (Å²) in [6.45, 7) is -0.0982. The molecule has 1 aromatic rings. The Morgan fingerprint density at radius 3 is 2.93 bits per heavy atom. The van der Waals surface area contributed by atoms with Gasteiger partial charge in [-0.25, -0.2) is 5.48 Å². The molecule has 6 heteroatoms. The van der Waals surface area contributed by atoms with Crippen LogP contribution in [0.15, 0.2) is 22.7 Å². The quantitative estimate of drug-likeness (QED) is 0.657. The van der Waals surface area contributed by atoms with Crippen LogP contribution in [0, 0.1) is 0 Å². The van der Waals surface area contributed by atoms with Crippen molar-refractivity contribution in [3.8, 4) is 0 Å². The molecule has 1 aromatic carbocycles. The lowest BCUT2D eigenvalue weighted by Gasteiger charge is -2.06. The van der Waals surface area contributed by atoms with Gasteiger partial charge in [-0.3, -0.25) is 9.63 Å². The number of benzene rings is 1. The predicted octanol–water partition coefficient (Wildman–Crippen LogP) is 1.76. The summed E-state index contributed by atoms with van der Waals surface area (Å²) < 4.78 is 0.583. The normalized spacial score (nSPS) is 10.1. The number of halogens is 2. The van der Waals surface area contributed by atoms with Crippen LogP contribution in [0.1, 0.15) is 10.4 Å². The molecular formula is C9H9BrClNO3. The standard InChI is InChI=1S/C9H9BrClNO3/c10-8-5-6(11)1-2-7(8)9(14)12-15-4-3-13/h1-2,5,13H,3-4H2,(H,12,14). The third-order valence-electron chi connectivity index (χ3n) is 1.53. The van der Waals surface area contributed by atoms with Gasteiger partial charge in [-0.1, -0.05) is 11.6 Å². The molecule has 0 saturated carbocycles. The fraction of sp³-hybridized carbons (Fsp3) is 0.222. The van der Waals surface area contributed by atoms with Crippen molar-refractivity contribution >= 4 is 33.4 Å². The van der Waals surface area contributed by atoms with Gasteiger partial charge in [0.25, 0.3) is 5.91 Å². The van der Waals surface area contributed by atoms with Crippen LogP contribution < -0.4 is 5.48 Å². The Bertz CT molecular complexity index is 359. The van der Waals surface area contributed by atoms with Crippen molar-refractivity contribution in [1.29, 1.82) is 0 Å². The van der Waals surface area contributed by atoms with Crippen LogP contribution in [0.3, 0.4) is 0 Å². The lowest BCUT2D eigenvalue weighted by atomic mass is 10.2. The van der Waals surface area contributed by atoms with Crippen LogP contribution in [0.25, 0.3) is 0 Å². The smallest absolute Gasteiger partial charge is 0.275 e. The molecule has 15 heavy (non-hydrogen) atoms. The zero-order valence-electron chi connectivity index (χ0n) is 7.67. The van der Waals surface area contributed by atoms with Gasteiger partial charge in [0.15, 0.2) is 0 Å². The third kappa shape index (κ3) is 3.79. The Kier molecular flexibility index (Phi) is 5.04. The van der Waals surface area contributed by atoms with Gasteiger partial charge in [-0.15, -0.1) is 0 Å². The Hall–Kier alpha value is -0.620. The number of hydroxylamine groups is 1. The summed E-state index contributed by atoms with van der Waals surface area (Å²) in [5.41, 5.74) is 2.60. The lowest BCUT2D eigenvalue weighted by molar-refractivity contribution is 0.0168.